The number of thiophene rings is 1. The van der Waals surface area contributed by atoms with Gasteiger partial charge in [0, 0.05) is 56.4 Å². The van der Waals surface area contributed by atoms with E-state index >= 15 is 0 Å². The molecule has 8 heteroatoms. The van der Waals surface area contributed by atoms with Crippen LogP contribution in [0, 0.1) is 0 Å². The van der Waals surface area contributed by atoms with Crippen LogP contribution in [0.15, 0.2) is 82.5 Å². The van der Waals surface area contributed by atoms with Gasteiger partial charge in [-0.3, -0.25) is 9.59 Å². The molecule has 2 aliphatic heterocycles. The maximum Gasteiger partial charge on any atom is 0.254 e. The zero-order chi connectivity index (χ0) is 24.8. The number of Topliss-reactive ketones (excluding diaryl/α,β-unsaturated/α-hetero) is 1. The minimum Gasteiger partial charge on any atom is -0.454 e. The quantitative estimate of drug-likeness (QED) is 0.434. The zero-order valence-corrected chi connectivity index (χ0v) is 21.0. The Morgan fingerprint density at radius 1 is 1.08 bits per heavy atom. The van der Waals surface area contributed by atoms with E-state index in [9.17, 15) is 9.59 Å². The molecule has 0 spiro atoms. The Labute approximate surface area is 217 Å². The molecule has 2 atom stereocenters. The van der Waals surface area contributed by atoms with Crippen molar-refractivity contribution < 1.29 is 19.1 Å². The number of dihydropyridines is 1. The van der Waals surface area contributed by atoms with Gasteiger partial charge < -0.3 is 20.1 Å². The Morgan fingerprint density at radius 2 is 1.89 bits per heavy atom. The van der Waals surface area contributed by atoms with E-state index in [4.69, 9.17) is 21.1 Å². The van der Waals surface area contributed by atoms with Gasteiger partial charge in [0.15, 0.2) is 17.3 Å². The summed E-state index contributed by atoms with van der Waals surface area (Å²) in [5, 5.41) is 9.03. The fourth-order valence-electron chi connectivity index (χ4n) is 5.22. The second kappa shape index (κ2) is 9.15. The largest absolute Gasteiger partial charge is 0.454 e. The summed E-state index contributed by atoms with van der Waals surface area (Å²) in [7, 11) is 0. The predicted molar refractivity (Wildman–Crippen MR) is 140 cm³/mol. The highest BCUT2D eigenvalue weighted by Crippen LogP contribution is 2.47. The van der Waals surface area contributed by atoms with Crippen molar-refractivity contribution in [2.75, 3.05) is 12.1 Å². The average Bonchev–Trinajstić information content (AvgIpc) is 3.56. The van der Waals surface area contributed by atoms with Crippen LogP contribution in [0.1, 0.15) is 42.0 Å². The summed E-state index contributed by atoms with van der Waals surface area (Å²) in [5.41, 5.74) is 4.20. The number of carbonyl (C=O) groups excluding carboxylic acids is 2. The summed E-state index contributed by atoms with van der Waals surface area (Å²) in [6.07, 6.45) is 1.12. The number of amides is 1. The molecule has 3 heterocycles. The SMILES string of the molecule is CC1=C(C(=O)Nc2ccc(Cl)cc2)C(c2ccc3c(c2)OCO3)C2=C(CC(c3cccs3)CC2=O)N1. The molecule has 0 bridgehead atoms. The molecule has 6 nitrogen and oxygen atoms in total. The molecule has 0 radical (unpaired) electrons. The van der Waals surface area contributed by atoms with Gasteiger partial charge in [0.25, 0.3) is 5.91 Å². The number of allylic oxidation sites excluding steroid dienone is 3. The van der Waals surface area contributed by atoms with Crippen LogP contribution < -0.4 is 20.1 Å². The van der Waals surface area contributed by atoms with Crippen LogP contribution in [0.3, 0.4) is 0 Å². The lowest BCUT2D eigenvalue weighted by molar-refractivity contribution is -0.116. The highest BCUT2D eigenvalue weighted by molar-refractivity contribution is 7.10. The molecule has 1 amide bonds. The molecule has 0 fully saturated rings. The van der Waals surface area contributed by atoms with Crippen LogP contribution in [0.4, 0.5) is 5.69 Å². The molecular formula is C28H23ClN2O4S. The number of ether oxygens (including phenoxy) is 2. The fraction of sp³-hybridized carbons (Fsp3) is 0.214. The topological polar surface area (TPSA) is 76.7 Å². The maximum absolute atomic E-state index is 13.7. The lowest BCUT2D eigenvalue weighted by atomic mass is 9.72. The van der Waals surface area contributed by atoms with Crippen LogP contribution in [0.5, 0.6) is 11.5 Å². The van der Waals surface area contributed by atoms with E-state index < -0.39 is 5.92 Å². The molecular weight excluding hydrogens is 496 g/mol. The summed E-state index contributed by atoms with van der Waals surface area (Å²) in [6, 6.07) is 16.7. The van der Waals surface area contributed by atoms with Crippen LogP contribution in [0.2, 0.25) is 5.02 Å². The number of anilines is 1. The molecule has 36 heavy (non-hydrogen) atoms. The first-order valence-corrected chi connectivity index (χ1v) is 13.0. The summed E-state index contributed by atoms with van der Waals surface area (Å²) < 4.78 is 11.1. The minimum atomic E-state index is -0.528. The zero-order valence-electron chi connectivity index (χ0n) is 19.5. The summed E-state index contributed by atoms with van der Waals surface area (Å²) >= 11 is 7.69. The van der Waals surface area contributed by atoms with E-state index in [1.54, 1.807) is 35.6 Å². The van der Waals surface area contributed by atoms with Crippen molar-refractivity contribution >= 4 is 40.3 Å². The third-order valence-electron chi connectivity index (χ3n) is 6.85. The highest BCUT2D eigenvalue weighted by Gasteiger charge is 2.41. The van der Waals surface area contributed by atoms with Gasteiger partial charge >= 0.3 is 0 Å². The molecule has 6 rings (SSSR count). The number of fused-ring (bicyclic) bond motifs is 1. The van der Waals surface area contributed by atoms with E-state index in [0.717, 1.165) is 17.0 Å². The van der Waals surface area contributed by atoms with Crippen molar-refractivity contribution in [3.63, 3.8) is 0 Å². The summed E-state index contributed by atoms with van der Waals surface area (Å²) in [4.78, 5) is 28.6. The minimum absolute atomic E-state index is 0.0501. The number of carbonyl (C=O) groups is 2. The second-order valence-electron chi connectivity index (χ2n) is 9.11. The Hall–Kier alpha value is -3.55. The third-order valence-corrected chi connectivity index (χ3v) is 8.14. The number of hydrogen-bond acceptors (Lipinski definition) is 6. The molecule has 3 aliphatic rings. The standard InChI is InChI=1S/C28H23ClN2O4S/c1-15-25(28(33)31-19-7-5-18(29)6-8-19)26(16-4-9-22-23(13-16)35-14-34-22)27-20(30-15)11-17(12-21(27)32)24-3-2-10-36-24/h2-10,13,17,26,30H,11-12,14H2,1H3,(H,31,33). The van der Waals surface area contributed by atoms with E-state index in [2.05, 4.69) is 16.7 Å². The van der Waals surface area contributed by atoms with E-state index in [-0.39, 0.29) is 24.4 Å². The lowest BCUT2D eigenvalue weighted by Gasteiger charge is -2.36. The molecule has 0 saturated carbocycles. The molecule has 0 saturated heterocycles. The van der Waals surface area contributed by atoms with Crippen molar-refractivity contribution in [1.82, 2.24) is 5.32 Å². The molecule has 1 aliphatic carbocycles. The van der Waals surface area contributed by atoms with Crippen molar-refractivity contribution in [3.8, 4) is 11.5 Å². The average molecular weight is 519 g/mol. The van der Waals surface area contributed by atoms with E-state index in [1.165, 1.54) is 4.88 Å². The fourth-order valence-corrected chi connectivity index (χ4v) is 6.18. The van der Waals surface area contributed by atoms with Gasteiger partial charge in [-0.25, -0.2) is 0 Å². The lowest BCUT2D eigenvalue weighted by Crippen LogP contribution is -2.37. The Kier molecular flexibility index (Phi) is 5.82. The Balaban J connectivity index is 1.42. The summed E-state index contributed by atoms with van der Waals surface area (Å²) in [6.45, 7) is 2.04. The van der Waals surface area contributed by atoms with Gasteiger partial charge in [0.2, 0.25) is 6.79 Å². The second-order valence-corrected chi connectivity index (χ2v) is 10.5. The van der Waals surface area contributed by atoms with Crippen molar-refractivity contribution in [2.24, 2.45) is 0 Å². The van der Waals surface area contributed by atoms with Gasteiger partial charge in [-0.1, -0.05) is 23.7 Å². The monoisotopic (exact) mass is 518 g/mol. The van der Waals surface area contributed by atoms with Crippen LogP contribution >= 0.6 is 22.9 Å². The van der Waals surface area contributed by atoms with Crippen LogP contribution in [-0.4, -0.2) is 18.5 Å². The normalized spacial score (nSPS) is 20.8. The molecule has 3 aromatic rings. The molecule has 1 aromatic heterocycles. The maximum atomic E-state index is 13.7. The first-order valence-electron chi connectivity index (χ1n) is 11.7. The van der Waals surface area contributed by atoms with Gasteiger partial charge in [-0.2, -0.15) is 0 Å². The van der Waals surface area contributed by atoms with Crippen LogP contribution in [-0.2, 0) is 9.59 Å². The van der Waals surface area contributed by atoms with Crippen LogP contribution in [0.25, 0.3) is 0 Å². The Bertz CT molecular complexity index is 1430. The number of ketones is 1. The number of halogens is 1. The van der Waals surface area contributed by atoms with Crippen molar-refractivity contribution in [2.45, 2.75) is 31.6 Å². The number of hydrogen-bond donors (Lipinski definition) is 2. The predicted octanol–water partition coefficient (Wildman–Crippen LogP) is 6.13. The van der Waals surface area contributed by atoms with Gasteiger partial charge in [0.1, 0.15) is 0 Å². The Morgan fingerprint density at radius 3 is 2.67 bits per heavy atom. The highest BCUT2D eigenvalue weighted by atomic mass is 35.5. The van der Waals surface area contributed by atoms with Crippen molar-refractivity contribution in [3.05, 3.63) is 98.0 Å². The summed E-state index contributed by atoms with van der Waals surface area (Å²) in [5.74, 6) is 0.641. The smallest absolute Gasteiger partial charge is 0.254 e. The van der Waals surface area contributed by atoms with Crippen molar-refractivity contribution in [1.29, 1.82) is 0 Å². The first kappa shape index (κ1) is 22.9. The molecule has 182 valence electrons. The number of nitrogens with one attached hydrogen (secondary N) is 2. The van der Waals surface area contributed by atoms with Gasteiger partial charge in [-0.15, -0.1) is 11.3 Å². The van der Waals surface area contributed by atoms with Gasteiger partial charge in [-0.05, 0) is 66.8 Å². The number of benzene rings is 2. The third kappa shape index (κ3) is 4.08. The number of rotatable bonds is 4. The molecule has 2 aromatic carbocycles. The van der Waals surface area contributed by atoms with E-state index in [0.29, 0.717) is 46.2 Å². The molecule has 2 N–H and O–H groups in total. The molecule has 2 unspecified atom stereocenters. The first-order chi connectivity index (χ1) is 17.5. The van der Waals surface area contributed by atoms with Gasteiger partial charge in [0.05, 0.1) is 0 Å². The van der Waals surface area contributed by atoms with E-state index in [1.807, 2.05) is 36.6 Å².